The Labute approximate surface area is 319 Å². The van der Waals surface area contributed by atoms with Crippen LogP contribution >= 0.6 is 0 Å². The van der Waals surface area contributed by atoms with Crippen LogP contribution in [0.5, 0.6) is 23.0 Å². The number of nitrogens with zero attached hydrogens (tertiary/aromatic N) is 1. The van der Waals surface area contributed by atoms with Crippen LogP contribution in [-0.2, 0) is 5.41 Å². The van der Waals surface area contributed by atoms with Gasteiger partial charge in [0.2, 0.25) is 0 Å². The zero-order chi connectivity index (χ0) is 36.7. The Morgan fingerprint density at radius 3 is 1.84 bits per heavy atom. The minimum atomic E-state index is -0.146. The molecule has 0 unspecified atom stereocenters. The Hall–Kier alpha value is -7.04. The molecule has 2 aliphatic rings. The molecule has 4 nitrogen and oxygen atoms in total. The van der Waals surface area contributed by atoms with Gasteiger partial charge in [-0.1, -0.05) is 117 Å². The van der Waals surface area contributed by atoms with E-state index in [1.54, 1.807) is 0 Å². The summed E-state index contributed by atoms with van der Waals surface area (Å²) in [5, 5.41) is 2.10. The van der Waals surface area contributed by atoms with Crippen LogP contribution in [0.1, 0.15) is 25.0 Å². The fourth-order valence-electron chi connectivity index (χ4n) is 8.64. The maximum absolute atomic E-state index is 6.85. The monoisotopic (exact) mass is 709 g/mol. The number of hydrogen-bond donors (Lipinski definition) is 0. The third-order valence-electron chi connectivity index (χ3n) is 11.3. The lowest BCUT2D eigenvalue weighted by atomic mass is 9.82. The Kier molecular flexibility index (Phi) is 6.86. The second kappa shape index (κ2) is 12.0. The summed E-state index contributed by atoms with van der Waals surface area (Å²) in [7, 11) is 0. The van der Waals surface area contributed by atoms with Crippen molar-refractivity contribution in [3.63, 3.8) is 0 Å². The van der Waals surface area contributed by atoms with Crippen molar-refractivity contribution >= 4 is 39.0 Å². The van der Waals surface area contributed by atoms with Gasteiger partial charge in [-0.25, -0.2) is 0 Å². The van der Waals surface area contributed by atoms with Gasteiger partial charge in [-0.2, -0.15) is 0 Å². The van der Waals surface area contributed by atoms with Crippen LogP contribution in [0.25, 0.3) is 55.3 Å². The van der Waals surface area contributed by atoms with Gasteiger partial charge in [0.25, 0.3) is 0 Å². The van der Waals surface area contributed by atoms with Gasteiger partial charge in [-0.3, -0.25) is 0 Å². The predicted molar refractivity (Wildman–Crippen MR) is 223 cm³/mol. The Morgan fingerprint density at radius 2 is 1.05 bits per heavy atom. The minimum Gasteiger partial charge on any atom is -0.456 e. The molecular weight excluding hydrogens is 675 g/mol. The van der Waals surface area contributed by atoms with Crippen molar-refractivity contribution in [3.05, 3.63) is 187 Å². The van der Waals surface area contributed by atoms with E-state index < -0.39 is 0 Å². The molecule has 55 heavy (non-hydrogen) atoms. The molecule has 1 aromatic heterocycles. The average molecular weight is 710 g/mol. The maximum Gasteiger partial charge on any atom is 0.177 e. The summed E-state index contributed by atoms with van der Waals surface area (Å²) in [6.07, 6.45) is 0. The molecule has 8 aromatic carbocycles. The normalized spacial score (nSPS) is 13.3. The highest BCUT2D eigenvalue weighted by Gasteiger charge is 2.37. The van der Waals surface area contributed by atoms with Crippen LogP contribution in [0.15, 0.2) is 180 Å². The minimum absolute atomic E-state index is 0.146. The topological polar surface area (TPSA) is 34.8 Å². The van der Waals surface area contributed by atoms with Gasteiger partial charge >= 0.3 is 0 Å². The number of para-hydroxylation sites is 3. The zero-order valence-electron chi connectivity index (χ0n) is 30.4. The Bertz CT molecular complexity index is 2900. The van der Waals surface area contributed by atoms with Crippen LogP contribution in [0.3, 0.4) is 0 Å². The molecule has 4 heteroatoms. The summed E-state index contributed by atoms with van der Waals surface area (Å²) >= 11 is 0. The number of benzene rings is 8. The first-order valence-electron chi connectivity index (χ1n) is 18.7. The van der Waals surface area contributed by atoms with Crippen LogP contribution in [-0.4, -0.2) is 0 Å². The van der Waals surface area contributed by atoms with Gasteiger partial charge in [0, 0.05) is 38.8 Å². The molecular formula is C51H35NO3. The van der Waals surface area contributed by atoms with Crippen molar-refractivity contribution in [2.45, 2.75) is 19.3 Å². The molecule has 0 radical (unpaired) electrons. The Balaban J connectivity index is 0.984. The lowest BCUT2D eigenvalue weighted by molar-refractivity contribution is 0.360. The van der Waals surface area contributed by atoms with E-state index in [2.05, 4.69) is 164 Å². The summed E-state index contributed by atoms with van der Waals surface area (Å²) in [5.74, 6) is 2.86. The highest BCUT2D eigenvalue weighted by Crippen LogP contribution is 2.57. The van der Waals surface area contributed by atoms with E-state index in [4.69, 9.17) is 13.9 Å². The van der Waals surface area contributed by atoms with Crippen molar-refractivity contribution in [2.75, 3.05) is 4.90 Å². The van der Waals surface area contributed by atoms with Gasteiger partial charge < -0.3 is 18.8 Å². The largest absolute Gasteiger partial charge is 0.456 e. The van der Waals surface area contributed by atoms with E-state index in [-0.39, 0.29) is 5.41 Å². The highest BCUT2D eigenvalue weighted by molar-refractivity contribution is 6.14. The van der Waals surface area contributed by atoms with Gasteiger partial charge in [-0.05, 0) is 112 Å². The SMILES string of the molecule is CC1(C)c2ccccc2-c2cc3c(cc21)Oc1c(cccc1-c1cccc2oc4ccc(-c5ccc(N(c6ccccc6)c6ccccc6)cc5)cc4c12)O3. The van der Waals surface area contributed by atoms with Crippen LogP contribution in [0.4, 0.5) is 17.1 Å². The maximum atomic E-state index is 6.85. The number of hydrogen-bond acceptors (Lipinski definition) is 4. The molecule has 2 heterocycles. The predicted octanol–water partition coefficient (Wildman–Crippen LogP) is 14.6. The van der Waals surface area contributed by atoms with E-state index in [1.165, 1.54) is 22.3 Å². The molecule has 0 amide bonds. The molecule has 0 bridgehead atoms. The van der Waals surface area contributed by atoms with Crippen LogP contribution in [0, 0.1) is 0 Å². The molecule has 11 rings (SSSR count). The van der Waals surface area contributed by atoms with E-state index in [0.717, 1.165) is 72.8 Å². The molecule has 0 saturated heterocycles. The molecule has 0 fully saturated rings. The van der Waals surface area contributed by atoms with Crippen molar-refractivity contribution in [2.24, 2.45) is 0 Å². The van der Waals surface area contributed by atoms with E-state index in [1.807, 2.05) is 30.3 Å². The fraction of sp³-hybridized carbons (Fsp3) is 0.0588. The summed E-state index contributed by atoms with van der Waals surface area (Å²) in [5.41, 5.74) is 14.1. The number of fused-ring (bicyclic) bond motifs is 8. The number of rotatable bonds is 5. The third kappa shape index (κ3) is 4.92. The fourth-order valence-corrected chi connectivity index (χ4v) is 8.64. The van der Waals surface area contributed by atoms with Gasteiger partial charge in [0.05, 0.1) is 0 Å². The molecule has 0 N–H and O–H groups in total. The summed E-state index contributed by atoms with van der Waals surface area (Å²) in [6, 6.07) is 61.6. The smallest absolute Gasteiger partial charge is 0.177 e. The van der Waals surface area contributed by atoms with E-state index >= 15 is 0 Å². The molecule has 1 aliphatic carbocycles. The summed E-state index contributed by atoms with van der Waals surface area (Å²) in [4.78, 5) is 2.28. The summed E-state index contributed by atoms with van der Waals surface area (Å²) in [6.45, 7) is 4.56. The molecule has 0 saturated carbocycles. The second-order valence-electron chi connectivity index (χ2n) is 14.9. The highest BCUT2D eigenvalue weighted by atomic mass is 16.6. The summed E-state index contributed by atoms with van der Waals surface area (Å²) < 4.78 is 20.0. The number of ether oxygens (including phenoxy) is 2. The molecule has 262 valence electrons. The molecule has 9 aromatic rings. The lowest BCUT2D eigenvalue weighted by Gasteiger charge is -2.26. The van der Waals surface area contributed by atoms with Crippen molar-refractivity contribution in [1.29, 1.82) is 0 Å². The number of furan rings is 1. The first-order chi connectivity index (χ1) is 27.0. The van der Waals surface area contributed by atoms with Crippen molar-refractivity contribution in [3.8, 4) is 56.4 Å². The molecule has 1 aliphatic heterocycles. The van der Waals surface area contributed by atoms with Crippen LogP contribution < -0.4 is 14.4 Å². The van der Waals surface area contributed by atoms with Crippen molar-refractivity contribution in [1.82, 2.24) is 0 Å². The lowest BCUT2D eigenvalue weighted by Crippen LogP contribution is -2.15. The molecule has 0 atom stereocenters. The second-order valence-corrected chi connectivity index (χ2v) is 14.9. The quantitative estimate of drug-likeness (QED) is 0.178. The first-order valence-corrected chi connectivity index (χ1v) is 18.7. The average Bonchev–Trinajstić information content (AvgIpc) is 3.71. The first kappa shape index (κ1) is 31.5. The van der Waals surface area contributed by atoms with Gasteiger partial charge in [-0.15, -0.1) is 0 Å². The van der Waals surface area contributed by atoms with Gasteiger partial charge in [0.1, 0.15) is 11.2 Å². The third-order valence-corrected chi connectivity index (χ3v) is 11.3. The zero-order valence-corrected chi connectivity index (χ0v) is 30.4. The van der Waals surface area contributed by atoms with Gasteiger partial charge in [0.15, 0.2) is 23.0 Å². The molecule has 0 spiro atoms. The van der Waals surface area contributed by atoms with Crippen molar-refractivity contribution < 1.29 is 13.9 Å². The van der Waals surface area contributed by atoms with E-state index in [9.17, 15) is 0 Å². The van der Waals surface area contributed by atoms with E-state index in [0.29, 0.717) is 11.5 Å². The van der Waals surface area contributed by atoms with Crippen LogP contribution in [0.2, 0.25) is 0 Å². The Morgan fingerprint density at radius 1 is 0.418 bits per heavy atom. The standard InChI is InChI=1S/C51H35NO3/c1-51(2)42-20-10-9-17-37(42)40-30-47-48(31-43(40)51)55-50-39(19-12-22-46(50)54-47)38-18-11-21-45-49(38)41-29-33(25-28-44(41)53-45)32-23-26-36(27-24-32)52(34-13-5-3-6-14-34)35-15-7-4-8-16-35/h3-31H,1-2H3. The number of anilines is 3.